The van der Waals surface area contributed by atoms with E-state index >= 15 is 4.39 Å². The summed E-state index contributed by atoms with van der Waals surface area (Å²) in [7, 11) is 0. The van der Waals surface area contributed by atoms with Crippen molar-refractivity contribution in [3.63, 3.8) is 0 Å². The molecule has 0 radical (unpaired) electrons. The predicted octanol–water partition coefficient (Wildman–Crippen LogP) is 7.30. The highest BCUT2D eigenvalue weighted by atomic mass is 19.1. The molecule has 14 nitrogen and oxygen atoms in total. The van der Waals surface area contributed by atoms with Gasteiger partial charge >= 0.3 is 6.03 Å². The van der Waals surface area contributed by atoms with Crippen molar-refractivity contribution in [2.24, 2.45) is 0 Å². The van der Waals surface area contributed by atoms with Gasteiger partial charge in [-0.15, -0.1) is 10.2 Å². The van der Waals surface area contributed by atoms with Crippen LogP contribution in [0.15, 0.2) is 73.1 Å². The molecule has 5 aliphatic heterocycles. The molecule has 4 amide bonds. The third-order valence-corrected chi connectivity index (χ3v) is 15.1. The summed E-state index contributed by atoms with van der Waals surface area (Å²) >= 11 is 0. The first-order valence-corrected chi connectivity index (χ1v) is 23.2. The van der Waals surface area contributed by atoms with E-state index in [0.29, 0.717) is 85.3 Å². The van der Waals surface area contributed by atoms with Gasteiger partial charge in [0.25, 0.3) is 5.91 Å². The number of imide groups is 1. The number of nitrogens with zero attached hydrogens (tertiary/aromatic N) is 8. The molecule has 4 atom stereocenters. The molecule has 8 heterocycles. The lowest BCUT2D eigenvalue weighted by atomic mass is 9.88. The Hall–Kier alpha value is -6.09. The number of piperidine rings is 3. The number of alkyl halides is 1. The Labute approximate surface area is 371 Å². The van der Waals surface area contributed by atoms with E-state index in [0.717, 1.165) is 86.7 Å². The van der Waals surface area contributed by atoms with Gasteiger partial charge in [-0.1, -0.05) is 24.3 Å². The maximum absolute atomic E-state index is 16.8. The molecule has 1 saturated carbocycles. The number of hydrogen-bond acceptors (Lipinski definition) is 10. The van der Waals surface area contributed by atoms with Crippen LogP contribution < -0.4 is 20.9 Å². The van der Waals surface area contributed by atoms with Crippen molar-refractivity contribution in [3.05, 3.63) is 89.7 Å². The summed E-state index contributed by atoms with van der Waals surface area (Å²) in [5.41, 5.74) is 11.7. The van der Waals surface area contributed by atoms with Gasteiger partial charge in [0.2, 0.25) is 5.91 Å². The van der Waals surface area contributed by atoms with Gasteiger partial charge in [-0.05, 0) is 105 Å². The highest BCUT2D eigenvalue weighted by molar-refractivity contribution is 6.06. The number of fused-ring (bicyclic) bond motifs is 3. The lowest BCUT2D eigenvalue weighted by Gasteiger charge is -2.45. The Balaban J connectivity index is 0.708. The number of aromatic nitrogens is 4. The van der Waals surface area contributed by atoms with Gasteiger partial charge in [-0.2, -0.15) is 0 Å². The molecule has 11 rings (SSSR count). The van der Waals surface area contributed by atoms with E-state index in [1.807, 2.05) is 35.2 Å². The van der Waals surface area contributed by atoms with Gasteiger partial charge in [0, 0.05) is 105 Å². The van der Waals surface area contributed by atoms with Crippen LogP contribution in [0.5, 0.6) is 5.75 Å². The number of carbonyl (C=O) groups is 3. The minimum atomic E-state index is -1.35. The van der Waals surface area contributed by atoms with Gasteiger partial charge in [-0.3, -0.25) is 24.7 Å². The van der Waals surface area contributed by atoms with Crippen molar-refractivity contribution in [1.82, 2.24) is 34.9 Å². The fourth-order valence-corrected chi connectivity index (χ4v) is 11.4. The molecule has 332 valence electrons. The summed E-state index contributed by atoms with van der Waals surface area (Å²) in [6, 6.07) is 19.4. The van der Waals surface area contributed by atoms with Gasteiger partial charge in [0.1, 0.15) is 17.1 Å². The number of rotatable bonds is 9. The summed E-state index contributed by atoms with van der Waals surface area (Å²) in [4.78, 5) is 51.3. The van der Waals surface area contributed by atoms with Crippen LogP contribution in [-0.4, -0.2) is 110 Å². The molecule has 4 N–H and O–H groups in total. The van der Waals surface area contributed by atoms with Crippen molar-refractivity contribution in [2.45, 2.75) is 106 Å². The van der Waals surface area contributed by atoms with Gasteiger partial charge < -0.3 is 25.2 Å². The Bertz CT molecular complexity index is 2610. The third kappa shape index (κ3) is 7.60. The number of nitrogen functional groups attached to an aromatic ring is 1. The van der Waals surface area contributed by atoms with Crippen molar-refractivity contribution in [2.75, 3.05) is 54.8 Å². The molecule has 5 aromatic rings. The van der Waals surface area contributed by atoms with Crippen LogP contribution in [0, 0.1) is 0 Å². The number of benzene rings is 2. The number of pyridine rings is 1. The molecule has 6 fully saturated rings. The van der Waals surface area contributed by atoms with Crippen molar-refractivity contribution < 1.29 is 23.9 Å². The molecule has 2 unspecified atom stereocenters. The van der Waals surface area contributed by atoms with E-state index < -0.39 is 11.7 Å². The molecule has 15 heteroatoms. The molecule has 6 aliphatic rings. The van der Waals surface area contributed by atoms with Crippen LogP contribution in [0.2, 0.25) is 0 Å². The first kappa shape index (κ1) is 40.7. The van der Waals surface area contributed by atoms with E-state index in [-0.39, 0.29) is 35.9 Å². The summed E-state index contributed by atoms with van der Waals surface area (Å²) in [5.74, 6) is 0.920. The number of urea groups is 1. The SMILES string of the molecule is Nc1nnc(-c2ccccc2O)cc1N1CCC[C@H](c2ccc(C(=O)N3CCC(F)(CN4C5CC[C@H]4CC(n4cc(C6CC6)c6cc(N7CCC(=O)NC7=O)cnc64)C5)CC3)cc2)C1. The standard InChI is InChI=1S/C49H55FN10O4/c50-49(29-60-34-13-14-35(60)23-36(22-34)59-28-40(31-9-10-31)39-24-37(26-52-46(39)59)58-19-15-44(62)53-48(58)64)16-20-56(21-17-49)47(63)32-11-7-30(8-12-32)33-4-3-18-57(27-33)42-25-41(54-55-45(42)51)38-5-1-2-6-43(38)61/h1-2,5-8,11-12,24-26,28,31,33-36,61H,3-4,9-10,13-23,27,29H2,(H2,51,55)(H,53,62,64)/t33-,34-,35?,36?/m0/s1. The van der Waals surface area contributed by atoms with Crippen LogP contribution in [0.4, 0.5) is 26.4 Å². The second-order valence-electron chi connectivity index (χ2n) is 19.1. The largest absolute Gasteiger partial charge is 0.507 e. The molecule has 64 heavy (non-hydrogen) atoms. The zero-order valence-corrected chi connectivity index (χ0v) is 36.0. The molecular formula is C49H55FN10O4. The van der Waals surface area contributed by atoms with Crippen LogP contribution in [0.25, 0.3) is 22.3 Å². The number of nitrogens with one attached hydrogen (secondary N) is 1. The number of hydrogen-bond donors (Lipinski definition) is 3. The topological polar surface area (TPSA) is 166 Å². The highest BCUT2D eigenvalue weighted by Crippen LogP contribution is 2.48. The molecule has 1 aliphatic carbocycles. The first-order valence-electron chi connectivity index (χ1n) is 23.2. The van der Waals surface area contributed by atoms with Gasteiger partial charge in [0.15, 0.2) is 5.82 Å². The highest BCUT2D eigenvalue weighted by Gasteiger charge is 2.47. The third-order valence-electron chi connectivity index (χ3n) is 15.1. The van der Waals surface area contributed by atoms with Crippen LogP contribution in [0.1, 0.15) is 110 Å². The average Bonchev–Trinajstić information content (AvgIpc) is 4.05. The number of carbonyl (C=O) groups excluding carboxylic acids is 3. The van der Waals surface area contributed by atoms with Crippen LogP contribution in [0.3, 0.4) is 0 Å². The Morgan fingerprint density at radius 3 is 2.39 bits per heavy atom. The first-order chi connectivity index (χ1) is 31.1. The smallest absolute Gasteiger partial charge is 0.328 e. The Kier molecular flexibility index (Phi) is 10.3. The maximum Gasteiger partial charge on any atom is 0.328 e. The van der Waals surface area contributed by atoms with E-state index in [1.54, 1.807) is 23.2 Å². The van der Waals surface area contributed by atoms with Crippen molar-refractivity contribution >= 4 is 46.1 Å². The predicted molar refractivity (Wildman–Crippen MR) is 242 cm³/mol. The summed E-state index contributed by atoms with van der Waals surface area (Å²) in [6.45, 7) is 3.11. The summed E-state index contributed by atoms with van der Waals surface area (Å²) in [6.07, 6.45) is 13.2. The Morgan fingerprint density at radius 1 is 0.891 bits per heavy atom. The van der Waals surface area contributed by atoms with E-state index in [1.165, 1.54) is 5.56 Å². The number of para-hydroxylation sites is 1. The number of aromatic hydroxyl groups is 1. The van der Waals surface area contributed by atoms with Gasteiger partial charge in [0.05, 0.1) is 23.3 Å². The van der Waals surface area contributed by atoms with Crippen LogP contribution in [-0.2, 0) is 4.79 Å². The Morgan fingerprint density at radius 2 is 1.66 bits per heavy atom. The number of nitrogens with two attached hydrogens (primary N) is 1. The van der Waals surface area contributed by atoms with E-state index in [9.17, 15) is 19.5 Å². The normalized spacial score (nSPS) is 24.9. The summed E-state index contributed by atoms with van der Waals surface area (Å²) < 4.78 is 19.2. The second-order valence-corrected chi connectivity index (χ2v) is 19.1. The average molecular weight is 867 g/mol. The minimum Gasteiger partial charge on any atom is -0.507 e. The lowest BCUT2D eigenvalue weighted by molar-refractivity contribution is -0.120. The monoisotopic (exact) mass is 866 g/mol. The van der Waals surface area contributed by atoms with Gasteiger partial charge in [-0.25, -0.2) is 14.2 Å². The lowest BCUT2D eigenvalue weighted by Crippen LogP contribution is -2.54. The molecule has 2 aromatic carbocycles. The molecule has 0 spiro atoms. The number of phenols is 1. The molecule has 3 aromatic heterocycles. The number of anilines is 3. The number of likely N-dealkylation sites (tertiary alicyclic amines) is 1. The minimum absolute atomic E-state index is 0.0494. The zero-order chi connectivity index (χ0) is 43.7. The summed E-state index contributed by atoms with van der Waals surface area (Å²) in [5, 5.41) is 22.4. The van der Waals surface area contributed by atoms with Crippen molar-refractivity contribution in [1.29, 1.82) is 0 Å². The number of halogens is 1. The van der Waals surface area contributed by atoms with Crippen molar-refractivity contribution in [3.8, 4) is 17.0 Å². The fourth-order valence-electron chi connectivity index (χ4n) is 11.4. The zero-order valence-electron chi connectivity index (χ0n) is 36.0. The number of phenolic OH excluding ortho intramolecular Hbond substituents is 1. The quantitative estimate of drug-likeness (QED) is 0.137. The second kappa shape index (κ2) is 16.2. The fraction of sp³-hybridized carbons (Fsp3) is 0.469. The van der Waals surface area contributed by atoms with E-state index in [4.69, 9.17) is 10.7 Å². The molecule has 2 bridgehead atoms. The molecular weight excluding hydrogens is 812 g/mol. The van der Waals surface area contributed by atoms with E-state index in [2.05, 4.69) is 54.3 Å². The van der Waals surface area contributed by atoms with Crippen LogP contribution >= 0.6 is 0 Å². The molecule has 5 saturated heterocycles. The maximum atomic E-state index is 16.8. The number of amides is 4.